The molecule has 0 aromatic carbocycles. The van der Waals surface area contributed by atoms with Crippen LogP contribution in [0.5, 0.6) is 0 Å². The topological polar surface area (TPSA) is 135 Å². The molecular weight excluding hydrogens is 1120 g/mol. The number of fused-ring (bicyclic) bond motifs is 8. The van der Waals surface area contributed by atoms with Crippen LogP contribution in [0.4, 0.5) is 22.7 Å². The SMILES string of the molecule is CSN(SC)C1=C(N(SC)SC)c2nc1nc1[nH]c(nc3nc(nc4[nH]c(n2)c(N(SC)SC)c4N(SC)SC)C(N(SC)SC)=C3N(SC)SC)c(N(SC)SC)c1N(SC)SC. The fourth-order valence-electron chi connectivity index (χ4n) is 6.23. The van der Waals surface area contributed by atoms with Gasteiger partial charge in [-0.25, -0.2) is 29.9 Å². The van der Waals surface area contributed by atoms with Gasteiger partial charge < -0.3 is 9.97 Å². The van der Waals surface area contributed by atoms with Gasteiger partial charge >= 0.3 is 0 Å². The number of H-pyrrole nitrogens is 2. The normalized spacial score (nSPS) is 12.6. The van der Waals surface area contributed by atoms with Crippen molar-refractivity contribution in [2.75, 3.05) is 115 Å². The van der Waals surface area contributed by atoms with Gasteiger partial charge in [-0.15, -0.1) is 0 Å². The van der Waals surface area contributed by atoms with E-state index in [0.29, 0.717) is 45.9 Å². The summed E-state index contributed by atoms with van der Waals surface area (Å²) >= 11 is 25.5. The molecule has 2 N–H and O–H groups in total. The fraction of sp³-hybridized carbons (Fsp3) is 0.500. The van der Waals surface area contributed by atoms with Crippen LogP contribution in [-0.4, -0.2) is 155 Å². The van der Waals surface area contributed by atoms with Crippen LogP contribution in [0.3, 0.4) is 0 Å². The Bertz CT molecular complexity index is 1960. The number of anilines is 4. The monoisotopic (exact) mass is 1170 g/mol. The Labute approximate surface area is 447 Å². The van der Waals surface area contributed by atoms with Gasteiger partial charge in [0.1, 0.15) is 45.5 Å². The zero-order chi connectivity index (χ0) is 46.8. The van der Waals surface area contributed by atoms with Crippen molar-refractivity contribution < 1.29 is 0 Å². The van der Waals surface area contributed by atoms with Crippen LogP contribution in [-0.2, 0) is 0 Å². The Balaban J connectivity index is 2.27. The summed E-state index contributed by atoms with van der Waals surface area (Å²) in [5.41, 5.74) is 9.01. The van der Waals surface area contributed by atoms with Gasteiger partial charge in [0.25, 0.3) is 0 Å². The molecule has 2 aliphatic rings. The van der Waals surface area contributed by atoms with E-state index >= 15 is 0 Å². The van der Waals surface area contributed by atoms with E-state index < -0.39 is 0 Å². The standard InChI is InChI=1S/C32H50N16S16/c1-49-41(50-2)17-18(42(51-3)52-4)26-33-25(17)37-27-19(43(53-5)54-6)20(44(55-7)56-8)29(34-27)39-31-23(47(61-13)62-14)24(48(63-15)64-16)32(36-31)40-30-22(46(59-11)60-12)21(28(35-30)38-26)45(57-9)58-10/h1-16H3,(H2,33,34,35,36,37,38,39,40). The van der Waals surface area contributed by atoms with Gasteiger partial charge in [-0.05, 0) is 191 Å². The first-order valence-electron chi connectivity index (χ1n) is 17.9. The molecule has 0 aliphatic carbocycles. The van der Waals surface area contributed by atoms with Crippen molar-refractivity contribution in [3.05, 3.63) is 23.3 Å². The quantitative estimate of drug-likeness (QED) is 0.0823. The zero-order valence-corrected chi connectivity index (χ0v) is 50.9. The molecule has 3 aromatic rings. The summed E-state index contributed by atoms with van der Waals surface area (Å²) in [5, 5.41) is 0. The average molecular weight is 1170 g/mol. The molecule has 0 fully saturated rings. The second-order valence-electron chi connectivity index (χ2n) is 11.4. The molecule has 354 valence electrons. The highest BCUT2D eigenvalue weighted by molar-refractivity contribution is 8.19. The van der Waals surface area contributed by atoms with Crippen LogP contribution in [0.15, 0.2) is 0 Å². The van der Waals surface area contributed by atoms with Crippen molar-refractivity contribution >= 4 is 259 Å². The fourth-order valence-corrected chi connectivity index (χ4v) is 16.6. The zero-order valence-electron chi connectivity index (χ0n) is 37.8. The van der Waals surface area contributed by atoms with Crippen LogP contribution < -0.4 is 14.8 Å². The minimum Gasteiger partial charge on any atom is -0.321 e. The van der Waals surface area contributed by atoms with E-state index in [1.54, 1.807) is 191 Å². The third-order valence-corrected chi connectivity index (χ3v) is 23.9. The van der Waals surface area contributed by atoms with Gasteiger partial charge in [0, 0.05) is 100 Å². The van der Waals surface area contributed by atoms with E-state index in [-0.39, 0.29) is 0 Å². The van der Waals surface area contributed by atoms with Gasteiger partial charge in [0.15, 0.2) is 45.9 Å². The Morgan fingerprint density at radius 2 is 0.391 bits per heavy atom. The van der Waals surface area contributed by atoms with Crippen LogP contribution >= 0.6 is 191 Å². The Morgan fingerprint density at radius 3 is 0.531 bits per heavy atom. The van der Waals surface area contributed by atoms with Crippen LogP contribution in [0.2, 0.25) is 0 Å². The molecule has 32 heteroatoms. The Hall–Kier alpha value is 0.320. The van der Waals surface area contributed by atoms with E-state index in [1.807, 2.05) is 0 Å². The van der Waals surface area contributed by atoms with Gasteiger partial charge in [0.05, 0.1) is 0 Å². The van der Waals surface area contributed by atoms with Crippen molar-refractivity contribution in [3.63, 3.8) is 0 Å². The third kappa shape index (κ3) is 11.3. The predicted octanol–water partition coefficient (Wildman–Crippen LogP) is 12.4. The summed E-state index contributed by atoms with van der Waals surface area (Å²) in [4.78, 5) is 40.3. The molecule has 2 aliphatic heterocycles. The van der Waals surface area contributed by atoms with E-state index in [4.69, 9.17) is 29.9 Å². The lowest BCUT2D eigenvalue weighted by Crippen LogP contribution is -2.12. The molecule has 0 amide bonds. The first kappa shape index (κ1) is 55.2. The van der Waals surface area contributed by atoms with Crippen molar-refractivity contribution in [1.82, 2.24) is 54.7 Å². The van der Waals surface area contributed by atoms with E-state index in [2.05, 4.69) is 140 Å². The minimum atomic E-state index is 0.503. The van der Waals surface area contributed by atoms with Gasteiger partial charge in [-0.2, -0.15) is 0 Å². The molecule has 0 unspecified atom stereocenters. The smallest absolute Gasteiger partial charge is 0.184 e. The van der Waals surface area contributed by atoms with Crippen molar-refractivity contribution in [2.24, 2.45) is 0 Å². The van der Waals surface area contributed by atoms with Gasteiger partial charge in [0.2, 0.25) is 0 Å². The van der Waals surface area contributed by atoms with E-state index in [9.17, 15) is 0 Å². The summed E-state index contributed by atoms with van der Waals surface area (Å²) in [5.74, 6) is 2.01. The summed E-state index contributed by atoms with van der Waals surface area (Å²) in [6.45, 7) is 0. The minimum absolute atomic E-state index is 0.503. The molecule has 16 nitrogen and oxygen atoms in total. The number of aromatic amines is 2. The summed E-state index contributed by atoms with van der Waals surface area (Å²) in [7, 11) is 0. The highest BCUT2D eigenvalue weighted by Gasteiger charge is 2.36. The van der Waals surface area contributed by atoms with Crippen molar-refractivity contribution in [2.45, 2.75) is 0 Å². The molecule has 0 radical (unpaired) electrons. The van der Waals surface area contributed by atoms with Crippen LogP contribution in [0.1, 0.15) is 23.3 Å². The molecular formula is C32H50N16S16. The molecule has 0 spiro atoms. The lowest BCUT2D eigenvalue weighted by Gasteiger charge is -2.25. The molecule has 64 heavy (non-hydrogen) atoms. The molecule has 5 rings (SSSR count). The Kier molecular flexibility index (Phi) is 22.9. The average Bonchev–Trinajstić information content (AvgIpc) is 4.04. The lowest BCUT2D eigenvalue weighted by molar-refractivity contribution is 1.01. The van der Waals surface area contributed by atoms with Crippen LogP contribution in [0.25, 0.3) is 45.4 Å². The second-order valence-corrected chi connectivity index (χ2v) is 24.9. The third-order valence-electron chi connectivity index (χ3n) is 8.52. The van der Waals surface area contributed by atoms with E-state index in [0.717, 1.165) is 45.5 Å². The summed E-state index contributed by atoms with van der Waals surface area (Å²) in [6, 6.07) is 0. The van der Waals surface area contributed by atoms with Crippen molar-refractivity contribution in [1.29, 1.82) is 0 Å². The number of hydrogen-bond donors (Lipinski definition) is 2. The second kappa shape index (κ2) is 26.5. The predicted molar refractivity (Wildman–Crippen MR) is 319 cm³/mol. The number of rotatable bonds is 24. The summed E-state index contributed by atoms with van der Waals surface area (Å²) < 4.78 is 17.2. The van der Waals surface area contributed by atoms with Gasteiger partial charge in [-0.3, -0.25) is 29.7 Å². The molecule has 3 aromatic heterocycles. The van der Waals surface area contributed by atoms with Crippen molar-refractivity contribution in [3.8, 4) is 0 Å². The maximum atomic E-state index is 5.52. The lowest BCUT2D eigenvalue weighted by atomic mass is 10.3. The molecule has 0 atom stereocenters. The number of aromatic nitrogens is 8. The molecule has 8 bridgehead atoms. The molecule has 5 heterocycles. The number of hydrogen-bond acceptors (Lipinski definition) is 30. The molecule has 0 saturated carbocycles. The summed E-state index contributed by atoms with van der Waals surface area (Å²) in [6.07, 6.45) is 33.0. The number of nitrogens with one attached hydrogen (secondary N) is 2. The largest absolute Gasteiger partial charge is 0.321 e. The highest BCUT2D eigenvalue weighted by atomic mass is 32.2. The van der Waals surface area contributed by atoms with Gasteiger partial charge in [-0.1, -0.05) is 0 Å². The number of nitrogens with zero attached hydrogens (tertiary/aromatic N) is 14. The van der Waals surface area contributed by atoms with Crippen LogP contribution in [0, 0.1) is 0 Å². The first-order chi connectivity index (χ1) is 31.0. The van der Waals surface area contributed by atoms with E-state index in [1.165, 1.54) is 0 Å². The maximum Gasteiger partial charge on any atom is 0.184 e. The highest BCUT2D eigenvalue weighted by Crippen LogP contribution is 2.51. The molecule has 0 saturated heterocycles. The maximum absolute atomic E-state index is 5.52. The Morgan fingerprint density at radius 1 is 0.234 bits per heavy atom. The first-order valence-corrected chi connectivity index (χ1v) is 36.8.